The number of rotatable bonds is 3. The topological polar surface area (TPSA) is 12.0 Å². The molecule has 32 heavy (non-hydrogen) atoms. The van der Waals surface area contributed by atoms with E-state index >= 15 is 0 Å². The lowest BCUT2D eigenvalue weighted by Crippen LogP contribution is -1.99. The van der Waals surface area contributed by atoms with E-state index < -0.39 is 0 Å². The lowest BCUT2D eigenvalue weighted by atomic mass is 9.94. The van der Waals surface area contributed by atoms with E-state index in [1.165, 1.54) is 40.7 Å². The average Bonchev–Trinajstić information content (AvgIpc) is 3.48. The standard InChI is InChI=1S/C29H23Cl2N/c30-28-24(20-11-10-18-4-1-5-19(18)14-20)6-2-8-26(28)27-9-3-7-25(29(27)31)21-12-13-22-16-32-17-23(22)15-21/h2-3,6-15,32H,1,4-5,16-17H2. The number of halogens is 2. The molecule has 0 unspecified atom stereocenters. The highest BCUT2D eigenvalue weighted by atomic mass is 35.5. The lowest BCUT2D eigenvalue weighted by molar-refractivity contribution is 0.765. The van der Waals surface area contributed by atoms with Crippen LogP contribution in [-0.2, 0) is 25.9 Å². The van der Waals surface area contributed by atoms with Crippen LogP contribution in [0.15, 0.2) is 72.8 Å². The number of nitrogens with one attached hydrogen (secondary N) is 1. The number of aryl methyl sites for hydroxylation is 2. The first kappa shape index (κ1) is 20.1. The first-order chi connectivity index (χ1) is 15.7. The predicted octanol–water partition coefficient (Wildman–Crippen LogP) is 8.09. The van der Waals surface area contributed by atoms with Gasteiger partial charge in [0.05, 0.1) is 10.0 Å². The quantitative estimate of drug-likeness (QED) is 0.329. The molecule has 0 aromatic heterocycles. The summed E-state index contributed by atoms with van der Waals surface area (Å²) in [4.78, 5) is 0. The third kappa shape index (κ3) is 3.36. The van der Waals surface area contributed by atoms with Gasteiger partial charge in [0.15, 0.2) is 0 Å². The molecule has 4 aromatic rings. The van der Waals surface area contributed by atoms with Crippen LogP contribution in [0.4, 0.5) is 0 Å². The SMILES string of the molecule is Clc1c(-c2ccc3c(c2)CCC3)cccc1-c1cccc(-c2ccc3c(c2)CNC3)c1Cl. The fourth-order valence-electron chi connectivity index (χ4n) is 5.13. The predicted molar refractivity (Wildman–Crippen MR) is 135 cm³/mol. The zero-order valence-electron chi connectivity index (χ0n) is 17.7. The van der Waals surface area contributed by atoms with E-state index in [4.69, 9.17) is 23.2 Å². The maximum Gasteiger partial charge on any atom is 0.0563 e. The number of hydrogen-bond donors (Lipinski definition) is 1. The molecule has 0 atom stereocenters. The van der Waals surface area contributed by atoms with E-state index in [0.29, 0.717) is 0 Å². The van der Waals surface area contributed by atoms with Crippen molar-refractivity contribution >= 4 is 23.2 Å². The van der Waals surface area contributed by atoms with Gasteiger partial charge in [0, 0.05) is 35.3 Å². The summed E-state index contributed by atoms with van der Waals surface area (Å²) in [6, 6.07) is 25.9. The largest absolute Gasteiger partial charge is 0.309 e. The Morgan fingerprint density at radius 1 is 0.531 bits per heavy atom. The Kier molecular flexibility index (Phi) is 5.07. The molecular weight excluding hydrogens is 433 g/mol. The molecule has 6 rings (SSSR count). The van der Waals surface area contributed by atoms with Crippen LogP contribution in [0.25, 0.3) is 33.4 Å². The van der Waals surface area contributed by atoms with Gasteiger partial charge in [0.2, 0.25) is 0 Å². The summed E-state index contributed by atoms with van der Waals surface area (Å²) < 4.78 is 0. The highest BCUT2D eigenvalue weighted by molar-refractivity contribution is 6.39. The summed E-state index contributed by atoms with van der Waals surface area (Å²) >= 11 is 14.0. The summed E-state index contributed by atoms with van der Waals surface area (Å²) in [6.07, 6.45) is 3.59. The van der Waals surface area contributed by atoms with Crippen molar-refractivity contribution in [2.75, 3.05) is 0 Å². The molecule has 0 saturated heterocycles. The number of benzene rings is 4. The second-order valence-electron chi connectivity index (χ2n) is 8.76. The van der Waals surface area contributed by atoms with Crippen LogP contribution in [-0.4, -0.2) is 0 Å². The Balaban J connectivity index is 1.44. The maximum atomic E-state index is 7.01. The van der Waals surface area contributed by atoms with Crippen molar-refractivity contribution in [2.24, 2.45) is 0 Å². The van der Waals surface area contributed by atoms with Gasteiger partial charge in [-0.25, -0.2) is 0 Å². The third-order valence-electron chi connectivity index (χ3n) is 6.85. The van der Waals surface area contributed by atoms with Crippen molar-refractivity contribution in [2.45, 2.75) is 32.4 Å². The first-order valence-electron chi connectivity index (χ1n) is 11.2. The van der Waals surface area contributed by atoms with Crippen LogP contribution >= 0.6 is 23.2 Å². The highest BCUT2D eigenvalue weighted by Crippen LogP contribution is 2.43. The molecule has 0 spiro atoms. The van der Waals surface area contributed by atoms with Gasteiger partial charge in [-0.2, -0.15) is 0 Å². The van der Waals surface area contributed by atoms with Crippen LogP contribution in [0.5, 0.6) is 0 Å². The zero-order valence-corrected chi connectivity index (χ0v) is 19.2. The molecule has 1 aliphatic carbocycles. The summed E-state index contributed by atoms with van der Waals surface area (Å²) in [5, 5.41) is 4.91. The molecule has 0 saturated carbocycles. The molecule has 1 heterocycles. The van der Waals surface area contributed by atoms with E-state index in [0.717, 1.165) is 57.4 Å². The Morgan fingerprint density at radius 3 is 1.75 bits per heavy atom. The summed E-state index contributed by atoms with van der Waals surface area (Å²) in [7, 11) is 0. The van der Waals surface area contributed by atoms with Crippen molar-refractivity contribution in [3.63, 3.8) is 0 Å². The Bertz CT molecular complexity index is 1250. The Labute approximate surface area is 199 Å². The zero-order chi connectivity index (χ0) is 21.7. The van der Waals surface area contributed by atoms with Crippen molar-refractivity contribution in [1.29, 1.82) is 0 Å². The monoisotopic (exact) mass is 455 g/mol. The van der Waals surface area contributed by atoms with Crippen LogP contribution < -0.4 is 5.32 Å². The molecule has 0 fully saturated rings. The fourth-order valence-corrected chi connectivity index (χ4v) is 5.80. The smallest absolute Gasteiger partial charge is 0.0563 e. The van der Waals surface area contributed by atoms with Crippen LogP contribution in [0.1, 0.15) is 28.7 Å². The van der Waals surface area contributed by atoms with Gasteiger partial charge in [-0.1, -0.05) is 89.9 Å². The fraction of sp³-hybridized carbons (Fsp3) is 0.172. The van der Waals surface area contributed by atoms with Gasteiger partial charge in [-0.15, -0.1) is 0 Å². The van der Waals surface area contributed by atoms with Crippen LogP contribution in [0, 0.1) is 0 Å². The molecule has 4 aromatic carbocycles. The number of fused-ring (bicyclic) bond motifs is 2. The molecule has 1 N–H and O–H groups in total. The van der Waals surface area contributed by atoms with E-state index in [2.05, 4.69) is 78.1 Å². The van der Waals surface area contributed by atoms with Gasteiger partial charge in [-0.05, 0) is 58.7 Å². The van der Waals surface area contributed by atoms with E-state index in [1.54, 1.807) is 0 Å². The van der Waals surface area contributed by atoms with E-state index in [1.807, 2.05) is 0 Å². The van der Waals surface area contributed by atoms with Gasteiger partial charge >= 0.3 is 0 Å². The van der Waals surface area contributed by atoms with Crippen molar-refractivity contribution in [3.8, 4) is 33.4 Å². The van der Waals surface area contributed by atoms with Crippen LogP contribution in [0.2, 0.25) is 10.0 Å². The number of hydrogen-bond acceptors (Lipinski definition) is 1. The molecule has 3 heteroatoms. The summed E-state index contributed by atoms with van der Waals surface area (Å²) in [5.41, 5.74) is 12.0. The Hall–Kier alpha value is -2.58. The van der Waals surface area contributed by atoms with Gasteiger partial charge in [0.1, 0.15) is 0 Å². The first-order valence-corrected chi connectivity index (χ1v) is 12.0. The van der Waals surface area contributed by atoms with Gasteiger partial charge in [0.25, 0.3) is 0 Å². The lowest BCUT2D eigenvalue weighted by Gasteiger charge is -2.15. The molecular formula is C29H23Cl2N. The van der Waals surface area contributed by atoms with E-state index in [9.17, 15) is 0 Å². The van der Waals surface area contributed by atoms with Gasteiger partial charge < -0.3 is 5.32 Å². The maximum absolute atomic E-state index is 7.01. The normalized spacial score (nSPS) is 14.4. The minimum atomic E-state index is 0.742. The molecule has 2 aliphatic rings. The molecule has 0 amide bonds. The third-order valence-corrected chi connectivity index (χ3v) is 7.66. The molecule has 0 bridgehead atoms. The second-order valence-corrected chi connectivity index (χ2v) is 9.51. The Morgan fingerprint density at radius 2 is 1.06 bits per heavy atom. The second kappa shape index (κ2) is 8.08. The van der Waals surface area contributed by atoms with Crippen molar-refractivity contribution in [3.05, 3.63) is 105 Å². The van der Waals surface area contributed by atoms with Crippen LogP contribution in [0.3, 0.4) is 0 Å². The molecule has 158 valence electrons. The minimum absolute atomic E-state index is 0.742. The summed E-state index contributed by atoms with van der Waals surface area (Å²) in [6.45, 7) is 1.85. The molecule has 1 aliphatic heterocycles. The van der Waals surface area contributed by atoms with E-state index in [-0.39, 0.29) is 0 Å². The highest BCUT2D eigenvalue weighted by Gasteiger charge is 2.18. The van der Waals surface area contributed by atoms with Crippen molar-refractivity contribution in [1.82, 2.24) is 5.32 Å². The van der Waals surface area contributed by atoms with Crippen molar-refractivity contribution < 1.29 is 0 Å². The minimum Gasteiger partial charge on any atom is -0.309 e. The summed E-state index contributed by atoms with van der Waals surface area (Å²) in [5.74, 6) is 0. The average molecular weight is 456 g/mol. The van der Waals surface area contributed by atoms with Gasteiger partial charge in [-0.3, -0.25) is 0 Å². The molecule has 1 nitrogen and oxygen atoms in total. The molecule has 0 radical (unpaired) electrons.